The number of aliphatic carboxylic acids is 1. The minimum absolute atomic E-state index is 0.207. The van der Waals surface area contributed by atoms with Gasteiger partial charge in [-0.25, -0.2) is 9.78 Å². The zero-order valence-electron chi connectivity index (χ0n) is 18.5. The zero-order chi connectivity index (χ0) is 24.1. The summed E-state index contributed by atoms with van der Waals surface area (Å²) < 4.78 is 31.7. The minimum Gasteiger partial charge on any atom is -0.475 e. The summed E-state index contributed by atoms with van der Waals surface area (Å²) in [6.07, 6.45) is 1.94. The molecule has 1 atom stereocenters. The zero-order valence-corrected chi connectivity index (χ0v) is 19.3. The highest BCUT2D eigenvalue weighted by Crippen LogP contribution is 2.40. The number of nitrogens with zero attached hydrogens (tertiary/aromatic N) is 3. The monoisotopic (exact) mass is 483 g/mol. The number of carboxylic acid groups (broad SMARTS) is 1. The number of benzene rings is 1. The molecule has 2 fully saturated rings. The number of amides is 1. The highest BCUT2D eigenvalue weighted by molar-refractivity contribution is 7.11. The lowest BCUT2D eigenvalue weighted by Gasteiger charge is -2.57. The van der Waals surface area contributed by atoms with Crippen LogP contribution in [0.5, 0.6) is 0 Å². The number of carboxylic acids is 1. The summed E-state index contributed by atoms with van der Waals surface area (Å²) >= 11 is 1.79. The second kappa shape index (κ2) is 10.6. The van der Waals surface area contributed by atoms with E-state index in [1.807, 2.05) is 24.4 Å². The Hall–Kier alpha value is -2.46. The van der Waals surface area contributed by atoms with Crippen LogP contribution in [0.15, 0.2) is 36.5 Å². The maximum atomic E-state index is 12.8. The predicted molar refractivity (Wildman–Crippen MR) is 119 cm³/mol. The summed E-state index contributed by atoms with van der Waals surface area (Å²) in [4.78, 5) is 32.1. The van der Waals surface area contributed by atoms with Crippen LogP contribution in [-0.4, -0.2) is 63.1 Å². The molecule has 1 aromatic heterocycles. The van der Waals surface area contributed by atoms with Crippen molar-refractivity contribution in [3.63, 3.8) is 0 Å². The van der Waals surface area contributed by atoms with Crippen molar-refractivity contribution in [2.75, 3.05) is 19.6 Å². The third-order valence-electron chi connectivity index (χ3n) is 6.15. The Bertz CT molecular complexity index is 951. The van der Waals surface area contributed by atoms with Crippen LogP contribution in [0.4, 0.5) is 13.2 Å². The fourth-order valence-corrected chi connectivity index (χ4v) is 5.15. The number of alkyl halides is 3. The van der Waals surface area contributed by atoms with Crippen molar-refractivity contribution in [2.24, 2.45) is 0 Å². The molecule has 2 aromatic rings. The lowest BCUT2D eigenvalue weighted by atomic mass is 9.77. The molecule has 3 heterocycles. The van der Waals surface area contributed by atoms with Gasteiger partial charge in [0.05, 0.1) is 5.01 Å². The largest absolute Gasteiger partial charge is 0.490 e. The van der Waals surface area contributed by atoms with Gasteiger partial charge in [0.2, 0.25) is 5.91 Å². The Morgan fingerprint density at radius 1 is 1.18 bits per heavy atom. The second-order valence-electron chi connectivity index (χ2n) is 8.45. The molecule has 10 heteroatoms. The molecular formula is C23H28F3N3O3S. The van der Waals surface area contributed by atoms with E-state index in [2.05, 4.69) is 33.8 Å². The average Bonchev–Trinajstić information content (AvgIpc) is 3.20. The van der Waals surface area contributed by atoms with E-state index in [1.165, 1.54) is 23.3 Å². The normalized spacial score (nSPS) is 20.7. The minimum atomic E-state index is -5.08. The molecule has 6 nitrogen and oxygen atoms in total. The molecule has 0 aliphatic carbocycles. The van der Waals surface area contributed by atoms with Crippen molar-refractivity contribution in [2.45, 2.75) is 57.3 Å². The predicted octanol–water partition coefficient (Wildman–Crippen LogP) is 4.28. The van der Waals surface area contributed by atoms with Crippen LogP contribution in [0.25, 0.3) is 0 Å². The molecular weight excluding hydrogens is 455 g/mol. The van der Waals surface area contributed by atoms with Gasteiger partial charge in [-0.15, -0.1) is 11.3 Å². The Morgan fingerprint density at radius 2 is 1.88 bits per heavy atom. The Morgan fingerprint density at radius 3 is 2.42 bits per heavy atom. The quantitative estimate of drug-likeness (QED) is 0.687. The topological polar surface area (TPSA) is 73.7 Å². The number of rotatable bonds is 5. The molecule has 180 valence electrons. The maximum Gasteiger partial charge on any atom is 0.490 e. The van der Waals surface area contributed by atoms with Crippen LogP contribution in [0, 0.1) is 6.92 Å². The van der Waals surface area contributed by atoms with Gasteiger partial charge < -0.3 is 10.0 Å². The smallest absolute Gasteiger partial charge is 0.475 e. The first-order valence-electron chi connectivity index (χ1n) is 10.9. The van der Waals surface area contributed by atoms with Gasteiger partial charge in [0.25, 0.3) is 0 Å². The number of hydrogen-bond acceptors (Lipinski definition) is 5. The van der Waals surface area contributed by atoms with E-state index >= 15 is 0 Å². The van der Waals surface area contributed by atoms with Gasteiger partial charge in [-0.3, -0.25) is 9.69 Å². The fraction of sp³-hybridized carbons (Fsp3) is 0.522. The molecule has 0 bridgehead atoms. The summed E-state index contributed by atoms with van der Waals surface area (Å²) in [6, 6.07) is 10.3. The lowest BCUT2D eigenvalue weighted by Crippen LogP contribution is -2.66. The average molecular weight is 484 g/mol. The van der Waals surface area contributed by atoms with Crippen molar-refractivity contribution >= 4 is 23.2 Å². The van der Waals surface area contributed by atoms with Gasteiger partial charge in [-0.05, 0) is 38.2 Å². The number of aromatic nitrogens is 1. The third-order valence-corrected chi connectivity index (χ3v) is 7.05. The van der Waals surface area contributed by atoms with Gasteiger partial charge in [-0.2, -0.15) is 13.2 Å². The summed E-state index contributed by atoms with van der Waals surface area (Å²) in [5, 5.41) is 8.26. The van der Waals surface area contributed by atoms with Crippen molar-refractivity contribution < 1.29 is 27.9 Å². The lowest BCUT2D eigenvalue weighted by molar-refractivity contribution is -0.192. The fourth-order valence-electron chi connectivity index (χ4n) is 4.34. The van der Waals surface area contributed by atoms with Crippen LogP contribution in [-0.2, 0) is 22.6 Å². The first-order valence-corrected chi connectivity index (χ1v) is 11.7. The third kappa shape index (κ3) is 6.77. The molecule has 1 unspecified atom stereocenters. The van der Waals surface area contributed by atoms with Gasteiger partial charge in [0.1, 0.15) is 0 Å². The first kappa shape index (κ1) is 25.2. The van der Waals surface area contributed by atoms with Crippen molar-refractivity contribution in [3.8, 4) is 0 Å². The number of carbonyl (C=O) groups is 2. The molecule has 0 radical (unpaired) electrons. The molecule has 2 saturated heterocycles. The number of piperidine rings is 1. The molecule has 4 rings (SSSR count). The van der Waals surface area contributed by atoms with Gasteiger partial charge in [0.15, 0.2) is 0 Å². The molecule has 1 spiro atoms. The number of halogens is 3. The number of likely N-dealkylation sites (tertiary alicyclic amines) is 2. The van der Waals surface area contributed by atoms with E-state index in [1.54, 1.807) is 11.3 Å². The van der Waals surface area contributed by atoms with E-state index in [0.29, 0.717) is 12.3 Å². The van der Waals surface area contributed by atoms with Crippen molar-refractivity contribution in [1.82, 2.24) is 14.8 Å². The highest BCUT2D eigenvalue weighted by atomic mass is 32.1. The number of hydrogen-bond donors (Lipinski definition) is 1. The highest BCUT2D eigenvalue weighted by Gasteiger charge is 2.47. The molecule has 1 aromatic carbocycles. The Labute approximate surface area is 195 Å². The summed E-state index contributed by atoms with van der Waals surface area (Å²) in [6.45, 7) is 6.01. The van der Waals surface area contributed by atoms with E-state index in [9.17, 15) is 18.0 Å². The van der Waals surface area contributed by atoms with E-state index < -0.39 is 12.1 Å². The van der Waals surface area contributed by atoms with Crippen molar-refractivity contribution in [1.29, 1.82) is 0 Å². The van der Waals surface area contributed by atoms with Crippen LogP contribution < -0.4 is 0 Å². The molecule has 33 heavy (non-hydrogen) atoms. The first-order chi connectivity index (χ1) is 15.6. The maximum absolute atomic E-state index is 12.8. The van der Waals surface area contributed by atoms with E-state index in [0.717, 1.165) is 44.0 Å². The van der Waals surface area contributed by atoms with Crippen molar-refractivity contribution in [3.05, 3.63) is 52.0 Å². The summed E-state index contributed by atoms with van der Waals surface area (Å²) in [5.74, 6) is -2.44. The van der Waals surface area contributed by atoms with Gasteiger partial charge in [-0.1, -0.05) is 30.3 Å². The SMILES string of the molecule is Cc1ncc(CN2CCC23CCCN(C(=O)CCc2ccccc2)C3)s1.O=C(O)C(F)(F)F. The van der Waals surface area contributed by atoms with Gasteiger partial charge >= 0.3 is 12.1 Å². The van der Waals surface area contributed by atoms with E-state index in [4.69, 9.17) is 9.90 Å². The van der Waals surface area contributed by atoms with Crippen LogP contribution in [0.1, 0.15) is 41.1 Å². The van der Waals surface area contributed by atoms with Crippen LogP contribution >= 0.6 is 11.3 Å². The van der Waals surface area contributed by atoms with Gasteiger partial charge in [0, 0.05) is 49.2 Å². The Kier molecular flexibility index (Phi) is 8.12. The Balaban J connectivity index is 0.000000383. The second-order valence-corrected chi connectivity index (χ2v) is 9.77. The van der Waals surface area contributed by atoms with Crippen LogP contribution in [0.3, 0.4) is 0 Å². The molecule has 2 aliphatic heterocycles. The molecule has 1 amide bonds. The molecule has 2 aliphatic rings. The number of carbonyl (C=O) groups excluding carboxylic acids is 1. The van der Waals surface area contributed by atoms with Crippen LogP contribution in [0.2, 0.25) is 0 Å². The summed E-state index contributed by atoms with van der Waals surface area (Å²) in [7, 11) is 0. The van der Waals surface area contributed by atoms with E-state index in [-0.39, 0.29) is 5.54 Å². The number of thiazole rings is 1. The molecule has 0 saturated carbocycles. The number of aryl methyl sites for hydroxylation is 2. The molecule has 1 N–H and O–H groups in total. The summed E-state index contributed by atoms with van der Waals surface area (Å²) in [5.41, 5.74) is 1.46. The standard InChI is InChI=1S/C21H27N3OS.C2HF3O2/c1-17-22-14-19(26-17)15-24-13-11-21(24)10-5-12-23(16-21)20(25)9-8-18-6-3-2-4-7-18;3-2(4,5)1(6)7/h2-4,6-7,14H,5,8-13,15-16H2,1H3;(H,6,7).